The molecular formula is C10H15N3O2. The maximum absolute atomic E-state index is 10.3. The first-order valence-corrected chi connectivity index (χ1v) is 4.25. The molecule has 0 saturated heterocycles. The average Bonchev–Trinajstić information content (AvgIpc) is 2.17. The fourth-order valence-electron chi connectivity index (χ4n) is 0.851. The summed E-state index contributed by atoms with van der Waals surface area (Å²) in [5.41, 5.74) is 10.3. The molecule has 0 aliphatic heterocycles. The van der Waals surface area contributed by atoms with E-state index in [9.17, 15) is 4.79 Å². The number of anilines is 1. The van der Waals surface area contributed by atoms with Crippen molar-refractivity contribution in [2.45, 2.75) is 0 Å². The van der Waals surface area contributed by atoms with Crippen molar-refractivity contribution in [2.24, 2.45) is 11.5 Å². The monoisotopic (exact) mass is 209 g/mol. The lowest BCUT2D eigenvalue weighted by Crippen LogP contribution is -2.18. The van der Waals surface area contributed by atoms with Crippen molar-refractivity contribution in [1.29, 1.82) is 0 Å². The molecule has 82 valence electrons. The van der Waals surface area contributed by atoms with Gasteiger partial charge in [-0.05, 0) is 24.3 Å². The fourth-order valence-corrected chi connectivity index (χ4v) is 0.851. The van der Waals surface area contributed by atoms with Crippen molar-refractivity contribution in [2.75, 3.05) is 19.0 Å². The summed E-state index contributed by atoms with van der Waals surface area (Å²) in [5, 5.41) is 0. The van der Waals surface area contributed by atoms with Crippen molar-refractivity contribution in [3.8, 4) is 0 Å². The third kappa shape index (κ3) is 6.09. The van der Waals surface area contributed by atoms with Crippen molar-refractivity contribution in [3.63, 3.8) is 0 Å². The van der Waals surface area contributed by atoms with E-state index < -0.39 is 6.03 Å². The van der Waals surface area contributed by atoms with E-state index in [-0.39, 0.29) is 0 Å². The molecule has 0 heterocycles. The Bertz CT molecular complexity index is 316. The number of carbonyl (C=O) groups is 2. The lowest BCUT2D eigenvalue weighted by atomic mass is 10.2. The van der Waals surface area contributed by atoms with Gasteiger partial charge in [-0.15, -0.1) is 0 Å². The minimum Gasteiger partial charge on any atom is -0.378 e. The zero-order valence-corrected chi connectivity index (χ0v) is 8.81. The molecule has 0 bridgehead atoms. The second kappa shape index (κ2) is 6.42. The lowest BCUT2D eigenvalue weighted by molar-refractivity contribution is 0.112. The number of rotatable bonds is 2. The summed E-state index contributed by atoms with van der Waals surface area (Å²) in [7, 11) is 3.94. The minimum atomic E-state index is -0.833. The molecule has 0 radical (unpaired) electrons. The molecule has 5 nitrogen and oxygen atoms in total. The van der Waals surface area contributed by atoms with Gasteiger partial charge in [-0.3, -0.25) is 4.79 Å². The summed E-state index contributed by atoms with van der Waals surface area (Å²) >= 11 is 0. The molecule has 0 spiro atoms. The second-order valence-electron chi connectivity index (χ2n) is 3.01. The molecule has 2 amide bonds. The van der Waals surface area contributed by atoms with E-state index in [1.165, 1.54) is 0 Å². The largest absolute Gasteiger partial charge is 0.378 e. The highest BCUT2D eigenvalue weighted by molar-refractivity contribution is 5.75. The molecule has 0 aliphatic carbocycles. The molecule has 0 aromatic heterocycles. The van der Waals surface area contributed by atoms with Gasteiger partial charge in [0.15, 0.2) is 0 Å². The van der Waals surface area contributed by atoms with E-state index in [4.69, 9.17) is 4.79 Å². The number of hydrogen-bond acceptors (Lipinski definition) is 3. The highest BCUT2D eigenvalue weighted by atomic mass is 16.2. The van der Waals surface area contributed by atoms with Crippen molar-refractivity contribution >= 4 is 18.0 Å². The van der Waals surface area contributed by atoms with Crippen molar-refractivity contribution < 1.29 is 9.59 Å². The van der Waals surface area contributed by atoms with E-state index >= 15 is 0 Å². The molecule has 0 fully saturated rings. The molecule has 15 heavy (non-hydrogen) atoms. The zero-order valence-electron chi connectivity index (χ0n) is 8.81. The van der Waals surface area contributed by atoms with Gasteiger partial charge < -0.3 is 16.4 Å². The van der Waals surface area contributed by atoms with E-state index in [0.29, 0.717) is 0 Å². The quantitative estimate of drug-likeness (QED) is 0.698. The molecule has 5 heteroatoms. The second-order valence-corrected chi connectivity index (χ2v) is 3.01. The van der Waals surface area contributed by atoms with Gasteiger partial charge in [0.1, 0.15) is 6.29 Å². The molecule has 1 aromatic carbocycles. The van der Waals surface area contributed by atoms with Crippen molar-refractivity contribution in [3.05, 3.63) is 29.8 Å². The number of benzene rings is 1. The van der Waals surface area contributed by atoms with Crippen LogP contribution < -0.4 is 16.4 Å². The van der Waals surface area contributed by atoms with E-state index in [1.54, 1.807) is 0 Å². The Labute approximate surface area is 88.7 Å². The molecule has 1 rings (SSSR count). The third-order valence-electron chi connectivity index (χ3n) is 1.55. The lowest BCUT2D eigenvalue weighted by Gasteiger charge is -2.11. The van der Waals surface area contributed by atoms with Crippen LogP contribution in [0.25, 0.3) is 0 Å². The topological polar surface area (TPSA) is 89.4 Å². The van der Waals surface area contributed by atoms with Crippen LogP contribution in [0.5, 0.6) is 0 Å². The Morgan fingerprint density at radius 3 is 1.87 bits per heavy atom. The number of aldehydes is 1. The Morgan fingerprint density at radius 1 is 1.20 bits per heavy atom. The predicted octanol–water partition coefficient (Wildman–Crippen LogP) is 0.589. The summed E-state index contributed by atoms with van der Waals surface area (Å²) in [4.78, 5) is 21.3. The number of urea groups is 1. The SMILES string of the molecule is CN(C)c1ccc(C=O)cc1.NC(N)=O. The molecular weight excluding hydrogens is 194 g/mol. The number of nitrogens with two attached hydrogens (primary N) is 2. The Kier molecular flexibility index (Phi) is 5.55. The van der Waals surface area contributed by atoms with Crippen LogP contribution in [-0.4, -0.2) is 26.4 Å². The average molecular weight is 209 g/mol. The van der Waals surface area contributed by atoms with E-state index in [1.807, 2.05) is 43.3 Å². The Hall–Kier alpha value is -2.04. The van der Waals surface area contributed by atoms with Crippen LogP contribution in [0.2, 0.25) is 0 Å². The van der Waals surface area contributed by atoms with Crippen LogP contribution in [-0.2, 0) is 0 Å². The molecule has 1 aromatic rings. The normalized spacial score (nSPS) is 8.40. The summed E-state index contributed by atoms with van der Waals surface area (Å²) < 4.78 is 0. The van der Waals surface area contributed by atoms with Gasteiger partial charge in [-0.1, -0.05) is 0 Å². The van der Waals surface area contributed by atoms with Gasteiger partial charge in [0, 0.05) is 25.3 Å². The maximum atomic E-state index is 10.3. The number of amides is 2. The first-order chi connectivity index (χ1) is 6.97. The number of hydrogen-bond donors (Lipinski definition) is 2. The van der Waals surface area contributed by atoms with Crippen LogP contribution in [0.4, 0.5) is 10.5 Å². The minimum absolute atomic E-state index is 0.718. The number of nitrogens with zero attached hydrogens (tertiary/aromatic N) is 1. The fraction of sp³-hybridized carbons (Fsp3) is 0.200. The molecule has 0 unspecified atom stereocenters. The van der Waals surface area contributed by atoms with E-state index in [2.05, 4.69) is 11.5 Å². The van der Waals surface area contributed by atoms with Crippen LogP contribution in [0, 0.1) is 0 Å². The highest BCUT2D eigenvalue weighted by Gasteiger charge is 1.93. The molecule has 4 N–H and O–H groups in total. The van der Waals surface area contributed by atoms with Crippen LogP contribution in [0.15, 0.2) is 24.3 Å². The van der Waals surface area contributed by atoms with Crippen LogP contribution >= 0.6 is 0 Å². The Balaban J connectivity index is 0.000000423. The number of primary amides is 2. The van der Waals surface area contributed by atoms with Crippen LogP contribution in [0.1, 0.15) is 10.4 Å². The Morgan fingerprint density at radius 2 is 1.60 bits per heavy atom. The van der Waals surface area contributed by atoms with Gasteiger partial charge in [-0.2, -0.15) is 0 Å². The summed E-state index contributed by atoms with van der Waals surface area (Å²) in [5.74, 6) is 0. The third-order valence-corrected chi connectivity index (χ3v) is 1.55. The van der Waals surface area contributed by atoms with Gasteiger partial charge in [-0.25, -0.2) is 4.79 Å². The molecule has 0 aliphatic rings. The van der Waals surface area contributed by atoms with Gasteiger partial charge in [0.25, 0.3) is 0 Å². The first kappa shape index (κ1) is 13.0. The standard InChI is InChI=1S/C9H11NO.CH4N2O/c1-10(2)9-5-3-8(7-11)4-6-9;2-1(3)4/h3-7H,1-2H3;(H4,2,3,4). The maximum Gasteiger partial charge on any atom is 0.309 e. The summed E-state index contributed by atoms with van der Waals surface area (Å²) in [6.45, 7) is 0. The van der Waals surface area contributed by atoms with Gasteiger partial charge >= 0.3 is 6.03 Å². The zero-order chi connectivity index (χ0) is 11.8. The smallest absolute Gasteiger partial charge is 0.309 e. The number of carbonyl (C=O) groups excluding carboxylic acids is 2. The van der Waals surface area contributed by atoms with Gasteiger partial charge in [0.05, 0.1) is 0 Å². The molecule has 0 saturated carbocycles. The molecule has 0 atom stereocenters. The first-order valence-electron chi connectivity index (χ1n) is 4.25. The van der Waals surface area contributed by atoms with E-state index in [0.717, 1.165) is 17.5 Å². The highest BCUT2D eigenvalue weighted by Crippen LogP contribution is 2.10. The van der Waals surface area contributed by atoms with Gasteiger partial charge in [0.2, 0.25) is 0 Å². The summed E-state index contributed by atoms with van der Waals surface area (Å²) in [6, 6.07) is 6.62. The van der Waals surface area contributed by atoms with Crippen LogP contribution in [0.3, 0.4) is 0 Å². The predicted molar refractivity (Wildman–Crippen MR) is 59.9 cm³/mol. The van der Waals surface area contributed by atoms with Crippen molar-refractivity contribution in [1.82, 2.24) is 0 Å². The summed E-state index contributed by atoms with van der Waals surface area (Å²) in [6.07, 6.45) is 0.847.